The summed E-state index contributed by atoms with van der Waals surface area (Å²) in [4.78, 5) is 13.5. The lowest BCUT2D eigenvalue weighted by atomic mass is 9.96. The number of ether oxygens (including phenoxy) is 6. The minimum atomic E-state index is -1.99. The Kier molecular flexibility index (Phi) is 61.9. The van der Waals surface area contributed by atoms with Crippen LogP contribution < -0.4 is 5.32 Å². The van der Waals surface area contributed by atoms with Crippen molar-refractivity contribution in [3.05, 3.63) is 85.1 Å². The Morgan fingerprint density at radius 1 is 0.346 bits per heavy atom. The molecule has 19 heteroatoms. The van der Waals surface area contributed by atoms with E-state index >= 15 is 0 Å². The fourth-order valence-electron chi connectivity index (χ4n) is 14.3. The standard InChI is InChI=1S/C88H157NO18/c1-3-5-7-9-11-13-15-17-19-21-23-25-27-29-30-31-32-33-34-35-36-37-38-39-40-42-44-46-48-50-52-54-56-58-60-62-64-66-76(94)89-71(72(93)65-63-61-59-57-55-53-51-49-47-45-43-41-28-26-24-22-20-18-16-14-12-10-8-6-4-2)70-102-86-82(100)79(97)84(74(68-91)104-86)107-88-83(101)80(98)85(75(69-92)105-88)106-87-81(99)78(96)77(95)73(67-90)103-87/h5,7,11,13,17,19,23,25,47,49,55,57,63,65,71-75,77-88,90-93,95-101H,3-4,6,8-10,12,14-16,18,20-22,24,26-46,48,50-54,56,58-62,64,66-70H2,1-2H3,(H,89,94)/b7-5-,13-11-,19-17-,25-23-,49-47+,57-55+,65-63+. The summed E-state index contributed by atoms with van der Waals surface area (Å²) in [6, 6.07) is -1.00. The summed E-state index contributed by atoms with van der Waals surface area (Å²) in [7, 11) is 0. The molecule has 622 valence electrons. The Bertz CT molecular complexity index is 2260. The normalized spacial score (nSPS) is 25.9. The first-order valence-corrected chi connectivity index (χ1v) is 43.3. The second-order valence-corrected chi connectivity index (χ2v) is 30.6. The molecule has 0 aromatic carbocycles. The molecule has 0 spiro atoms. The van der Waals surface area contributed by atoms with E-state index in [4.69, 9.17) is 28.4 Å². The highest BCUT2D eigenvalue weighted by molar-refractivity contribution is 5.76. The molecule has 3 rings (SSSR count). The summed E-state index contributed by atoms with van der Waals surface area (Å²) in [5.74, 6) is -0.285. The molecule has 17 atom stereocenters. The average Bonchev–Trinajstić information content (AvgIpc) is 0.781. The lowest BCUT2D eigenvalue weighted by molar-refractivity contribution is -0.379. The van der Waals surface area contributed by atoms with Gasteiger partial charge in [-0.25, -0.2) is 0 Å². The monoisotopic (exact) mass is 1520 g/mol. The molecule has 3 fully saturated rings. The van der Waals surface area contributed by atoms with Crippen molar-refractivity contribution in [3.8, 4) is 0 Å². The number of hydrogen-bond donors (Lipinski definition) is 12. The smallest absolute Gasteiger partial charge is 0.220 e. The number of amides is 1. The average molecular weight is 1520 g/mol. The number of rotatable bonds is 69. The van der Waals surface area contributed by atoms with Gasteiger partial charge in [-0.1, -0.05) is 330 Å². The van der Waals surface area contributed by atoms with Gasteiger partial charge >= 0.3 is 0 Å². The van der Waals surface area contributed by atoms with Crippen molar-refractivity contribution >= 4 is 5.91 Å². The zero-order chi connectivity index (χ0) is 77.4. The minimum absolute atomic E-state index is 0.233. The van der Waals surface area contributed by atoms with Crippen LogP contribution in [0.25, 0.3) is 0 Å². The second-order valence-electron chi connectivity index (χ2n) is 30.6. The Balaban J connectivity index is 1.34. The number of carbonyl (C=O) groups excluding carboxylic acids is 1. The maximum Gasteiger partial charge on any atom is 0.220 e. The zero-order valence-electron chi connectivity index (χ0n) is 66.9. The van der Waals surface area contributed by atoms with Crippen molar-refractivity contribution in [2.24, 2.45) is 0 Å². The fraction of sp³-hybridized carbons (Fsp3) is 0.830. The molecule has 0 aromatic heterocycles. The molecule has 0 saturated carbocycles. The summed E-state index contributed by atoms with van der Waals surface area (Å²) in [5, 5.41) is 121. The van der Waals surface area contributed by atoms with Crippen molar-refractivity contribution in [2.75, 3.05) is 26.4 Å². The van der Waals surface area contributed by atoms with Crippen molar-refractivity contribution in [2.45, 2.75) is 439 Å². The summed E-state index contributed by atoms with van der Waals surface area (Å²) >= 11 is 0. The van der Waals surface area contributed by atoms with Crippen LogP contribution in [0.1, 0.15) is 335 Å². The van der Waals surface area contributed by atoms with Gasteiger partial charge in [0.2, 0.25) is 5.91 Å². The first-order chi connectivity index (χ1) is 52.3. The third-order valence-electron chi connectivity index (χ3n) is 21.2. The van der Waals surface area contributed by atoms with Crippen LogP contribution in [0, 0.1) is 0 Å². The van der Waals surface area contributed by atoms with Gasteiger partial charge in [0, 0.05) is 6.42 Å². The summed E-state index contributed by atoms with van der Waals surface area (Å²) in [6.45, 7) is 1.64. The van der Waals surface area contributed by atoms with Gasteiger partial charge in [-0.05, 0) is 83.5 Å². The number of allylic oxidation sites excluding steroid dienone is 13. The van der Waals surface area contributed by atoms with Gasteiger partial charge in [-0.15, -0.1) is 0 Å². The molecule has 0 bridgehead atoms. The molecule has 0 aromatic rings. The SMILES string of the molecule is CC/C=C\C/C=C\C/C=C\C/C=C\CCCCCCCCCCCCCCCCCCCCCCCCCCC(=O)NC(COC1OC(CO)C(OC2OC(CO)C(OC3OC(CO)C(O)C(O)C3O)C(O)C2O)C(O)C1O)C(O)/C=C/CC/C=C/CC/C=C/CCCCCCCCCCCCCCCCC. The van der Waals surface area contributed by atoms with E-state index in [0.29, 0.717) is 12.8 Å². The molecular formula is C88H157NO18. The maximum atomic E-state index is 13.5. The van der Waals surface area contributed by atoms with Crippen LogP contribution in [-0.2, 0) is 33.2 Å². The zero-order valence-corrected chi connectivity index (χ0v) is 66.9. The van der Waals surface area contributed by atoms with Crippen LogP contribution in [0.2, 0.25) is 0 Å². The number of nitrogens with one attached hydrogen (secondary N) is 1. The van der Waals surface area contributed by atoms with E-state index in [2.05, 4.69) is 92.1 Å². The van der Waals surface area contributed by atoms with Crippen LogP contribution in [0.15, 0.2) is 85.1 Å². The second kappa shape index (κ2) is 67.5. The Labute approximate surface area is 648 Å². The highest BCUT2D eigenvalue weighted by Crippen LogP contribution is 2.33. The maximum absolute atomic E-state index is 13.5. The first kappa shape index (κ1) is 98.2. The molecular weight excluding hydrogens is 1360 g/mol. The lowest BCUT2D eigenvalue weighted by Crippen LogP contribution is -2.66. The highest BCUT2D eigenvalue weighted by atomic mass is 16.8. The minimum Gasteiger partial charge on any atom is -0.394 e. The topological polar surface area (TPSA) is 307 Å². The summed E-state index contributed by atoms with van der Waals surface area (Å²) in [5.41, 5.74) is 0. The molecule has 107 heavy (non-hydrogen) atoms. The molecule has 1 amide bonds. The van der Waals surface area contributed by atoms with E-state index in [-0.39, 0.29) is 18.9 Å². The van der Waals surface area contributed by atoms with E-state index in [1.165, 1.54) is 231 Å². The van der Waals surface area contributed by atoms with Crippen molar-refractivity contribution in [3.63, 3.8) is 0 Å². The van der Waals surface area contributed by atoms with Gasteiger partial charge in [0.1, 0.15) is 73.2 Å². The number of aliphatic hydroxyl groups excluding tert-OH is 11. The van der Waals surface area contributed by atoms with Gasteiger partial charge in [0.05, 0.1) is 38.6 Å². The Morgan fingerprint density at radius 2 is 0.654 bits per heavy atom. The quantitative estimate of drug-likeness (QED) is 0.0199. The van der Waals surface area contributed by atoms with Gasteiger partial charge in [0.25, 0.3) is 0 Å². The third kappa shape index (κ3) is 46.7. The molecule has 0 aliphatic carbocycles. The van der Waals surface area contributed by atoms with Crippen LogP contribution in [0.3, 0.4) is 0 Å². The van der Waals surface area contributed by atoms with Crippen LogP contribution in [0.5, 0.6) is 0 Å². The number of aliphatic hydroxyl groups is 11. The molecule has 3 aliphatic heterocycles. The predicted octanol–water partition coefficient (Wildman–Crippen LogP) is 15.7. The first-order valence-electron chi connectivity index (χ1n) is 43.3. The van der Waals surface area contributed by atoms with Gasteiger partial charge < -0.3 is 89.9 Å². The summed E-state index contributed by atoms with van der Waals surface area (Å²) in [6.07, 6.45) is 64.5. The predicted molar refractivity (Wildman–Crippen MR) is 429 cm³/mol. The molecule has 3 saturated heterocycles. The van der Waals surface area contributed by atoms with Crippen LogP contribution in [-0.4, -0.2) is 193 Å². The fourth-order valence-corrected chi connectivity index (χ4v) is 14.3. The Morgan fingerprint density at radius 3 is 1.05 bits per heavy atom. The highest BCUT2D eigenvalue weighted by Gasteiger charge is 2.54. The molecule has 0 radical (unpaired) electrons. The van der Waals surface area contributed by atoms with Gasteiger partial charge in [-0.2, -0.15) is 0 Å². The van der Waals surface area contributed by atoms with E-state index in [1.807, 2.05) is 6.08 Å². The molecule has 3 heterocycles. The van der Waals surface area contributed by atoms with Gasteiger partial charge in [0.15, 0.2) is 18.9 Å². The van der Waals surface area contributed by atoms with Crippen molar-refractivity contribution < 1.29 is 89.4 Å². The molecule has 12 N–H and O–H groups in total. The van der Waals surface area contributed by atoms with Crippen LogP contribution in [0.4, 0.5) is 0 Å². The van der Waals surface area contributed by atoms with E-state index < -0.39 is 124 Å². The molecule has 3 aliphatic rings. The van der Waals surface area contributed by atoms with E-state index in [1.54, 1.807) is 6.08 Å². The van der Waals surface area contributed by atoms with Gasteiger partial charge in [-0.3, -0.25) is 4.79 Å². The number of unbranched alkanes of at least 4 members (excludes halogenated alkanes) is 41. The number of carbonyl (C=O) groups is 1. The lowest BCUT2D eigenvalue weighted by Gasteiger charge is -2.48. The Hall–Kier alpha value is -3.03. The van der Waals surface area contributed by atoms with Crippen LogP contribution >= 0.6 is 0 Å². The molecule has 17 unspecified atom stereocenters. The molecule has 19 nitrogen and oxygen atoms in total. The van der Waals surface area contributed by atoms with E-state index in [9.17, 15) is 61.0 Å². The largest absolute Gasteiger partial charge is 0.394 e. The van der Waals surface area contributed by atoms with Crippen molar-refractivity contribution in [1.82, 2.24) is 5.32 Å². The third-order valence-corrected chi connectivity index (χ3v) is 21.2. The summed E-state index contributed by atoms with van der Waals surface area (Å²) < 4.78 is 34.5. The number of hydrogen-bond acceptors (Lipinski definition) is 18. The van der Waals surface area contributed by atoms with E-state index in [0.717, 1.165) is 70.6 Å². The van der Waals surface area contributed by atoms with Crippen molar-refractivity contribution in [1.29, 1.82) is 0 Å².